The van der Waals surface area contributed by atoms with Crippen molar-refractivity contribution in [2.75, 3.05) is 13.2 Å². The number of amides is 1. The van der Waals surface area contributed by atoms with Gasteiger partial charge in [-0.25, -0.2) is 8.78 Å². The zero-order chi connectivity index (χ0) is 13.8. The molecule has 1 amide bonds. The molecule has 102 valence electrons. The summed E-state index contributed by atoms with van der Waals surface area (Å²) in [6.45, 7) is 1.92. The first-order valence-corrected chi connectivity index (χ1v) is 5.60. The Hall–Kier alpha value is -1.50. The van der Waals surface area contributed by atoms with Gasteiger partial charge in [0.2, 0.25) is 5.91 Å². The first kappa shape index (κ1) is 14.6. The lowest BCUT2D eigenvalue weighted by Gasteiger charge is -2.14. The lowest BCUT2D eigenvalue weighted by atomic mass is 10.3. The summed E-state index contributed by atoms with van der Waals surface area (Å²) in [4.78, 5) is 11.3. The van der Waals surface area contributed by atoms with Crippen LogP contribution in [0.5, 0.6) is 0 Å². The third kappa shape index (κ3) is 4.40. The largest absolute Gasteiger partial charge is 0.390 e. The van der Waals surface area contributed by atoms with Gasteiger partial charge in [-0.05, 0) is 19.9 Å². The second-order valence-corrected chi connectivity index (χ2v) is 4.19. The van der Waals surface area contributed by atoms with Gasteiger partial charge in [-0.2, -0.15) is 5.10 Å². The Kier molecular flexibility index (Phi) is 4.77. The number of rotatable bonds is 6. The minimum absolute atomic E-state index is 0.0729. The van der Waals surface area contributed by atoms with E-state index in [9.17, 15) is 13.6 Å². The van der Waals surface area contributed by atoms with Crippen LogP contribution in [0.3, 0.4) is 0 Å². The lowest BCUT2D eigenvalue weighted by Crippen LogP contribution is -2.39. The summed E-state index contributed by atoms with van der Waals surface area (Å²) < 4.78 is 27.0. The molecule has 0 aliphatic heterocycles. The number of aliphatic hydroxyl groups excluding tert-OH is 1. The summed E-state index contributed by atoms with van der Waals surface area (Å²) >= 11 is 0. The van der Waals surface area contributed by atoms with Crippen LogP contribution in [0.2, 0.25) is 0 Å². The molecule has 0 unspecified atom stereocenters. The summed E-state index contributed by atoms with van der Waals surface area (Å²) in [5.74, 6) is -3.76. The van der Waals surface area contributed by atoms with Crippen molar-refractivity contribution in [3.8, 4) is 0 Å². The van der Waals surface area contributed by atoms with E-state index >= 15 is 0 Å². The van der Waals surface area contributed by atoms with E-state index < -0.39 is 25.0 Å². The van der Waals surface area contributed by atoms with Crippen molar-refractivity contribution in [1.29, 1.82) is 0 Å². The van der Waals surface area contributed by atoms with Gasteiger partial charge in [0.1, 0.15) is 6.61 Å². The lowest BCUT2D eigenvalue weighted by molar-refractivity contribution is -0.124. The number of hydrogen-bond acceptors (Lipinski definition) is 3. The van der Waals surface area contributed by atoms with Crippen LogP contribution in [0.1, 0.15) is 17.8 Å². The predicted molar refractivity (Wildman–Crippen MR) is 61.4 cm³/mol. The van der Waals surface area contributed by atoms with Crippen molar-refractivity contribution >= 4 is 5.91 Å². The topological polar surface area (TPSA) is 67.2 Å². The Morgan fingerprint density at radius 3 is 2.72 bits per heavy atom. The maximum Gasteiger partial charge on any atom is 0.287 e. The van der Waals surface area contributed by atoms with Crippen molar-refractivity contribution in [2.24, 2.45) is 0 Å². The highest BCUT2D eigenvalue weighted by Crippen LogP contribution is 2.09. The number of alkyl halides is 2. The summed E-state index contributed by atoms with van der Waals surface area (Å²) in [5, 5.41) is 14.6. The molecule has 0 saturated carbocycles. The minimum atomic E-state index is -3.27. The van der Waals surface area contributed by atoms with Crippen molar-refractivity contribution in [2.45, 2.75) is 32.7 Å². The molecule has 1 heterocycles. The number of aromatic nitrogens is 2. The molecule has 0 aliphatic rings. The zero-order valence-electron chi connectivity index (χ0n) is 10.4. The summed E-state index contributed by atoms with van der Waals surface area (Å²) in [7, 11) is 0. The third-order valence-electron chi connectivity index (χ3n) is 2.43. The summed E-state index contributed by atoms with van der Waals surface area (Å²) in [6, 6.07) is 1.87. The highest BCUT2D eigenvalue weighted by atomic mass is 19.3. The van der Waals surface area contributed by atoms with E-state index in [0.717, 1.165) is 11.4 Å². The van der Waals surface area contributed by atoms with Crippen LogP contribution in [0.4, 0.5) is 8.78 Å². The number of aliphatic hydroxyl groups is 1. The number of halogens is 2. The van der Waals surface area contributed by atoms with E-state index in [-0.39, 0.29) is 6.42 Å². The van der Waals surface area contributed by atoms with Crippen molar-refractivity contribution in [3.63, 3.8) is 0 Å². The first-order chi connectivity index (χ1) is 8.34. The van der Waals surface area contributed by atoms with Crippen LogP contribution < -0.4 is 5.32 Å². The minimum Gasteiger partial charge on any atom is -0.390 e. The molecule has 7 heteroatoms. The van der Waals surface area contributed by atoms with Gasteiger partial charge in [0, 0.05) is 18.7 Å². The maximum atomic E-state index is 12.7. The average Bonchev–Trinajstić information content (AvgIpc) is 2.63. The fraction of sp³-hybridized carbons (Fsp3) is 0.636. The predicted octanol–water partition coefficient (Wildman–Crippen LogP) is 0.634. The normalized spacial score (nSPS) is 11.6. The quantitative estimate of drug-likeness (QED) is 0.789. The van der Waals surface area contributed by atoms with Crippen LogP contribution in [0.25, 0.3) is 0 Å². The second kappa shape index (κ2) is 5.90. The Morgan fingerprint density at radius 1 is 1.56 bits per heavy atom. The molecule has 0 aliphatic carbocycles. The van der Waals surface area contributed by atoms with Crippen LogP contribution in [-0.2, 0) is 11.3 Å². The number of aryl methyl sites for hydroxylation is 3. The van der Waals surface area contributed by atoms with Gasteiger partial charge in [0.15, 0.2) is 0 Å². The van der Waals surface area contributed by atoms with Crippen LogP contribution >= 0.6 is 0 Å². The van der Waals surface area contributed by atoms with Crippen molar-refractivity contribution < 1.29 is 18.7 Å². The molecule has 1 aromatic rings. The fourth-order valence-electron chi connectivity index (χ4n) is 1.48. The van der Waals surface area contributed by atoms with Gasteiger partial charge in [0.25, 0.3) is 5.92 Å². The average molecular weight is 261 g/mol. The molecule has 18 heavy (non-hydrogen) atoms. The maximum absolute atomic E-state index is 12.7. The van der Waals surface area contributed by atoms with Gasteiger partial charge < -0.3 is 10.4 Å². The van der Waals surface area contributed by atoms with E-state index in [4.69, 9.17) is 5.11 Å². The molecule has 1 aromatic heterocycles. The Balaban J connectivity index is 2.36. The van der Waals surface area contributed by atoms with Gasteiger partial charge in [0.05, 0.1) is 12.2 Å². The van der Waals surface area contributed by atoms with Gasteiger partial charge >= 0.3 is 0 Å². The van der Waals surface area contributed by atoms with Crippen LogP contribution in [0.15, 0.2) is 6.07 Å². The molecule has 1 rings (SSSR count). The molecule has 0 saturated heterocycles. The third-order valence-corrected chi connectivity index (χ3v) is 2.43. The van der Waals surface area contributed by atoms with Gasteiger partial charge in [-0.15, -0.1) is 0 Å². The SMILES string of the molecule is Cc1cc(C)n(CCC(=O)NCC(F)(F)CO)n1. The molecular formula is C11H17F2N3O2. The summed E-state index contributed by atoms with van der Waals surface area (Å²) in [6.07, 6.45) is 0.0729. The zero-order valence-corrected chi connectivity index (χ0v) is 10.4. The Morgan fingerprint density at radius 2 is 2.22 bits per heavy atom. The molecule has 0 fully saturated rings. The highest BCUT2D eigenvalue weighted by molar-refractivity contribution is 5.75. The van der Waals surface area contributed by atoms with Gasteiger partial charge in [-0.3, -0.25) is 9.48 Å². The number of carbonyl (C=O) groups excluding carboxylic acids is 1. The van der Waals surface area contributed by atoms with E-state index in [2.05, 4.69) is 10.4 Å². The smallest absolute Gasteiger partial charge is 0.287 e. The van der Waals surface area contributed by atoms with E-state index in [1.54, 1.807) is 4.68 Å². The fourth-order valence-corrected chi connectivity index (χ4v) is 1.48. The van der Waals surface area contributed by atoms with Crippen LogP contribution in [0, 0.1) is 13.8 Å². The van der Waals surface area contributed by atoms with Gasteiger partial charge in [-0.1, -0.05) is 0 Å². The van der Waals surface area contributed by atoms with E-state index in [1.807, 2.05) is 19.9 Å². The number of nitrogens with zero attached hydrogens (tertiary/aromatic N) is 2. The first-order valence-electron chi connectivity index (χ1n) is 5.60. The number of nitrogens with one attached hydrogen (secondary N) is 1. The van der Waals surface area contributed by atoms with Crippen molar-refractivity contribution in [3.05, 3.63) is 17.5 Å². The van der Waals surface area contributed by atoms with Crippen LogP contribution in [-0.4, -0.2) is 39.9 Å². The van der Waals surface area contributed by atoms with E-state index in [1.165, 1.54) is 0 Å². The Bertz CT molecular complexity index is 418. The molecule has 0 spiro atoms. The molecule has 5 nitrogen and oxygen atoms in total. The van der Waals surface area contributed by atoms with Crippen molar-refractivity contribution in [1.82, 2.24) is 15.1 Å². The number of carbonyl (C=O) groups is 1. The Labute approximate surface area is 104 Å². The molecular weight excluding hydrogens is 244 g/mol. The molecule has 0 aromatic carbocycles. The second-order valence-electron chi connectivity index (χ2n) is 4.19. The highest BCUT2D eigenvalue weighted by Gasteiger charge is 2.27. The molecule has 0 radical (unpaired) electrons. The molecule has 0 atom stereocenters. The molecule has 0 bridgehead atoms. The standard InChI is InChI=1S/C11H17F2N3O2/c1-8-5-9(2)16(15-8)4-3-10(18)14-6-11(12,13)7-17/h5,17H,3-4,6-7H2,1-2H3,(H,14,18). The molecule has 2 N–H and O–H groups in total. The summed E-state index contributed by atoms with van der Waals surface area (Å²) in [5.41, 5.74) is 1.76. The van der Waals surface area contributed by atoms with E-state index in [0.29, 0.717) is 6.54 Å². The number of hydrogen-bond donors (Lipinski definition) is 2. The monoisotopic (exact) mass is 261 g/mol.